The summed E-state index contributed by atoms with van der Waals surface area (Å²) in [6, 6.07) is 5.76. The van der Waals surface area contributed by atoms with Crippen LogP contribution >= 0.6 is 0 Å². The number of likely N-dealkylation sites (N-methyl/N-ethyl adjacent to an activating group) is 1. The Morgan fingerprint density at radius 3 is 2.94 bits per heavy atom. The van der Waals surface area contributed by atoms with Gasteiger partial charge in [-0.05, 0) is 31.7 Å². The Morgan fingerprint density at radius 1 is 1.53 bits per heavy atom. The number of nitrogens with one attached hydrogen (secondary N) is 2. The summed E-state index contributed by atoms with van der Waals surface area (Å²) in [6.07, 6.45) is 0. The smallest absolute Gasteiger partial charge is 0.262 e. The van der Waals surface area contributed by atoms with Crippen molar-refractivity contribution in [2.24, 2.45) is 5.73 Å². The Hall–Kier alpha value is -1.59. The second-order valence-electron chi connectivity index (χ2n) is 4.22. The Bertz CT molecular complexity index is 432. The number of carbonyl (C=O) groups is 1. The summed E-state index contributed by atoms with van der Waals surface area (Å²) in [7, 11) is 1.86. The van der Waals surface area contributed by atoms with Gasteiger partial charge in [-0.1, -0.05) is 6.07 Å². The number of amides is 1. The summed E-state index contributed by atoms with van der Waals surface area (Å²) in [5.41, 5.74) is 7.64. The first kappa shape index (κ1) is 11.9. The van der Waals surface area contributed by atoms with Gasteiger partial charge in [-0.15, -0.1) is 0 Å². The zero-order valence-electron chi connectivity index (χ0n) is 9.99. The van der Waals surface area contributed by atoms with Gasteiger partial charge in [0.15, 0.2) is 6.61 Å². The number of hydrogen-bond donors (Lipinski definition) is 3. The quantitative estimate of drug-likeness (QED) is 0.718. The maximum Gasteiger partial charge on any atom is 0.262 e. The number of fused-ring (bicyclic) bond motifs is 1. The molecule has 5 nitrogen and oxygen atoms in total. The van der Waals surface area contributed by atoms with Crippen LogP contribution < -0.4 is 21.1 Å². The monoisotopic (exact) mass is 235 g/mol. The molecule has 92 valence electrons. The molecule has 0 aliphatic carbocycles. The van der Waals surface area contributed by atoms with Crippen molar-refractivity contribution in [2.75, 3.05) is 19.0 Å². The van der Waals surface area contributed by atoms with Gasteiger partial charge in [0.25, 0.3) is 5.91 Å². The van der Waals surface area contributed by atoms with E-state index >= 15 is 0 Å². The van der Waals surface area contributed by atoms with E-state index in [2.05, 4.69) is 10.6 Å². The third kappa shape index (κ3) is 2.40. The summed E-state index contributed by atoms with van der Waals surface area (Å²) in [6.45, 7) is 2.02. The highest BCUT2D eigenvalue weighted by atomic mass is 16.5. The molecule has 1 aromatic carbocycles. The van der Waals surface area contributed by atoms with Gasteiger partial charge < -0.3 is 21.1 Å². The highest BCUT2D eigenvalue weighted by molar-refractivity contribution is 5.95. The van der Waals surface area contributed by atoms with Crippen LogP contribution in [0, 0.1) is 0 Å². The van der Waals surface area contributed by atoms with E-state index < -0.39 is 0 Å². The van der Waals surface area contributed by atoms with Crippen molar-refractivity contribution < 1.29 is 9.53 Å². The van der Waals surface area contributed by atoms with E-state index in [4.69, 9.17) is 10.5 Å². The Balaban J connectivity index is 2.32. The van der Waals surface area contributed by atoms with Gasteiger partial charge in [0.2, 0.25) is 0 Å². The third-order valence-corrected chi connectivity index (χ3v) is 2.83. The number of rotatable bonds is 3. The van der Waals surface area contributed by atoms with E-state index in [9.17, 15) is 4.79 Å². The normalized spacial score (nSPS) is 17.7. The van der Waals surface area contributed by atoms with E-state index in [0.29, 0.717) is 11.4 Å². The van der Waals surface area contributed by atoms with E-state index in [1.54, 1.807) is 0 Å². The lowest BCUT2D eigenvalue weighted by molar-refractivity contribution is -0.118. The van der Waals surface area contributed by atoms with Crippen molar-refractivity contribution in [1.82, 2.24) is 5.32 Å². The van der Waals surface area contributed by atoms with Crippen LogP contribution in [0.15, 0.2) is 18.2 Å². The molecule has 0 spiro atoms. The standard InChI is InChI=1S/C12H17N3O2/c1-7(13)12(14-2)8-3-4-10-9(5-8)15-11(16)6-17-10/h3-5,7,12,14H,6,13H2,1-2H3,(H,15,16). The van der Waals surface area contributed by atoms with E-state index in [0.717, 1.165) is 5.56 Å². The molecule has 1 aliphatic rings. The van der Waals surface area contributed by atoms with Crippen molar-refractivity contribution in [1.29, 1.82) is 0 Å². The van der Waals surface area contributed by atoms with Gasteiger partial charge in [-0.25, -0.2) is 0 Å². The SMILES string of the molecule is CNC(c1ccc2c(c1)NC(=O)CO2)C(C)N. The number of anilines is 1. The van der Waals surface area contributed by atoms with Crippen LogP contribution in [0.5, 0.6) is 5.75 Å². The minimum absolute atomic E-state index is 0.0155. The predicted molar refractivity (Wildman–Crippen MR) is 66.0 cm³/mol. The van der Waals surface area contributed by atoms with Crippen molar-refractivity contribution in [3.8, 4) is 5.75 Å². The molecule has 0 radical (unpaired) electrons. The molecule has 5 heteroatoms. The van der Waals surface area contributed by atoms with Crippen LogP contribution in [0.1, 0.15) is 18.5 Å². The molecule has 1 aliphatic heterocycles. The number of carbonyl (C=O) groups excluding carboxylic acids is 1. The summed E-state index contributed by atoms with van der Waals surface area (Å²) < 4.78 is 5.30. The van der Waals surface area contributed by atoms with Crippen molar-refractivity contribution in [2.45, 2.75) is 19.0 Å². The number of nitrogens with two attached hydrogens (primary N) is 1. The Morgan fingerprint density at radius 2 is 2.29 bits per heavy atom. The zero-order valence-corrected chi connectivity index (χ0v) is 9.99. The molecule has 0 saturated carbocycles. The average Bonchev–Trinajstić information content (AvgIpc) is 2.29. The molecule has 2 atom stereocenters. The van der Waals surface area contributed by atoms with Gasteiger partial charge in [0.1, 0.15) is 5.75 Å². The second kappa shape index (κ2) is 4.73. The van der Waals surface area contributed by atoms with Crippen LogP contribution in [0.2, 0.25) is 0 Å². The van der Waals surface area contributed by atoms with Crippen LogP contribution in [0.4, 0.5) is 5.69 Å². The van der Waals surface area contributed by atoms with E-state index in [1.807, 2.05) is 32.2 Å². The van der Waals surface area contributed by atoms with Gasteiger partial charge in [-0.2, -0.15) is 0 Å². The molecule has 0 bridgehead atoms. The maximum absolute atomic E-state index is 11.2. The molecule has 2 rings (SSSR count). The molecule has 0 aromatic heterocycles. The fraction of sp³-hybridized carbons (Fsp3) is 0.417. The lowest BCUT2D eigenvalue weighted by atomic mass is 10.00. The molecule has 1 heterocycles. The molecule has 0 saturated heterocycles. The average molecular weight is 235 g/mol. The van der Waals surface area contributed by atoms with Crippen molar-refractivity contribution in [3.05, 3.63) is 23.8 Å². The first-order valence-electron chi connectivity index (χ1n) is 5.61. The van der Waals surface area contributed by atoms with Crippen molar-refractivity contribution in [3.63, 3.8) is 0 Å². The highest BCUT2D eigenvalue weighted by Gasteiger charge is 2.19. The molecule has 4 N–H and O–H groups in total. The molecule has 2 unspecified atom stereocenters. The predicted octanol–water partition coefficient (Wildman–Crippen LogP) is 0.625. The van der Waals surface area contributed by atoms with E-state index in [1.165, 1.54) is 0 Å². The number of benzene rings is 1. The van der Waals surface area contributed by atoms with Gasteiger partial charge in [0, 0.05) is 12.1 Å². The van der Waals surface area contributed by atoms with Crippen LogP contribution in [0.25, 0.3) is 0 Å². The Labute approximate surface area is 100 Å². The summed E-state index contributed by atoms with van der Waals surface area (Å²) in [5.74, 6) is 0.573. The molecular weight excluding hydrogens is 218 g/mol. The largest absolute Gasteiger partial charge is 0.482 e. The van der Waals surface area contributed by atoms with Crippen LogP contribution in [0.3, 0.4) is 0 Å². The van der Waals surface area contributed by atoms with Gasteiger partial charge in [-0.3, -0.25) is 4.79 Å². The first-order chi connectivity index (χ1) is 8.11. The summed E-state index contributed by atoms with van der Waals surface area (Å²) in [5, 5.41) is 5.94. The van der Waals surface area contributed by atoms with E-state index in [-0.39, 0.29) is 24.6 Å². The highest BCUT2D eigenvalue weighted by Crippen LogP contribution is 2.30. The number of ether oxygens (including phenoxy) is 1. The Kier molecular flexibility index (Phi) is 3.31. The maximum atomic E-state index is 11.2. The number of hydrogen-bond acceptors (Lipinski definition) is 4. The fourth-order valence-corrected chi connectivity index (χ4v) is 2.03. The van der Waals surface area contributed by atoms with Crippen LogP contribution in [-0.2, 0) is 4.79 Å². The first-order valence-corrected chi connectivity index (χ1v) is 5.61. The second-order valence-corrected chi connectivity index (χ2v) is 4.22. The lowest BCUT2D eigenvalue weighted by Gasteiger charge is -2.24. The van der Waals surface area contributed by atoms with Crippen LogP contribution in [-0.4, -0.2) is 25.6 Å². The minimum Gasteiger partial charge on any atom is -0.482 e. The van der Waals surface area contributed by atoms with Crippen molar-refractivity contribution >= 4 is 11.6 Å². The molecule has 17 heavy (non-hydrogen) atoms. The molecule has 1 amide bonds. The van der Waals surface area contributed by atoms with Gasteiger partial charge in [0.05, 0.1) is 5.69 Å². The topological polar surface area (TPSA) is 76.4 Å². The molecular formula is C12H17N3O2. The lowest BCUT2D eigenvalue weighted by Crippen LogP contribution is -2.34. The molecule has 0 fully saturated rings. The van der Waals surface area contributed by atoms with Gasteiger partial charge >= 0.3 is 0 Å². The summed E-state index contributed by atoms with van der Waals surface area (Å²) >= 11 is 0. The zero-order chi connectivity index (χ0) is 12.4. The summed E-state index contributed by atoms with van der Waals surface area (Å²) in [4.78, 5) is 11.2. The minimum atomic E-state index is -0.128. The molecule has 1 aromatic rings. The fourth-order valence-electron chi connectivity index (χ4n) is 2.03. The third-order valence-electron chi connectivity index (χ3n) is 2.83.